The molecule has 2 aromatic rings. The number of rotatable bonds is 5. The summed E-state index contributed by atoms with van der Waals surface area (Å²) in [5.74, 6) is 0.603. The summed E-state index contributed by atoms with van der Waals surface area (Å²) in [5.41, 5.74) is 3.80. The molecule has 0 fully saturated rings. The Morgan fingerprint density at radius 3 is 2.56 bits per heavy atom. The summed E-state index contributed by atoms with van der Waals surface area (Å²) in [6, 6.07) is 17.1. The Morgan fingerprint density at radius 2 is 1.84 bits per heavy atom. The van der Waals surface area contributed by atoms with E-state index in [0.717, 1.165) is 22.6 Å². The minimum Gasteiger partial charge on any atom is -0.489 e. The summed E-state index contributed by atoms with van der Waals surface area (Å²) in [6.45, 7) is 7.87. The van der Waals surface area contributed by atoms with Crippen LogP contribution in [0.25, 0.3) is 5.57 Å². The lowest BCUT2D eigenvalue weighted by Gasteiger charge is -2.14. The standard InChI is InChI=1S/C21H20N2O2/c1-4-14-25-19-13-9-8-12-18(19)15(2)20-16(3)22-23(21(20)24)17-10-6-5-7-11-17/h4-13H,1,14H2,2-3H3/b20-15+. The van der Waals surface area contributed by atoms with Crippen LogP contribution in [0, 0.1) is 0 Å². The molecule has 1 amide bonds. The Hall–Kier alpha value is -3.14. The number of hydrogen-bond acceptors (Lipinski definition) is 3. The van der Waals surface area contributed by atoms with Crippen molar-refractivity contribution in [1.82, 2.24) is 0 Å². The van der Waals surface area contributed by atoms with E-state index in [0.29, 0.717) is 17.9 Å². The normalized spacial score (nSPS) is 15.8. The van der Waals surface area contributed by atoms with Gasteiger partial charge in [-0.3, -0.25) is 4.79 Å². The number of carbonyl (C=O) groups excluding carboxylic acids is 1. The number of allylic oxidation sites excluding steroid dienone is 1. The first-order valence-corrected chi connectivity index (χ1v) is 8.12. The number of ether oxygens (including phenoxy) is 1. The lowest BCUT2D eigenvalue weighted by molar-refractivity contribution is -0.114. The molecular weight excluding hydrogens is 312 g/mol. The smallest absolute Gasteiger partial charge is 0.280 e. The molecule has 1 heterocycles. The Bertz CT molecular complexity index is 866. The Balaban J connectivity index is 2.02. The molecule has 0 bridgehead atoms. The van der Waals surface area contributed by atoms with Gasteiger partial charge >= 0.3 is 0 Å². The van der Waals surface area contributed by atoms with E-state index in [1.807, 2.05) is 68.4 Å². The van der Waals surface area contributed by atoms with E-state index < -0.39 is 0 Å². The minimum atomic E-state index is -0.125. The van der Waals surface area contributed by atoms with Crippen LogP contribution >= 0.6 is 0 Å². The molecule has 4 nitrogen and oxygen atoms in total. The molecule has 0 unspecified atom stereocenters. The summed E-state index contributed by atoms with van der Waals surface area (Å²) < 4.78 is 5.73. The third kappa shape index (κ3) is 3.24. The number of hydrogen-bond donors (Lipinski definition) is 0. The fraction of sp³-hybridized carbons (Fsp3) is 0.143. The highest BCUT2D eigenvalue weighted by molar-refractivity contribution is 6.33. The zero-order valence-electron chi connectivity index (χ0n) is 14.4. The second-order valence-corrected chi connectivity index (χ2v) is 5.73. The summed E-state index contributed by atoms with van der Waals surface area (Å²) in [5, 5.41) is 5.89. The highest BCUT2D eigenvalue weighted by Gasteiger charge is 2.31. The molecule has 0 saturated heterocycles. The van der Waals surface area contributed by atoms with Crippen LogP contribution in [0.5, 0.6) is 5.75 Å². The van der Waals surface area contributed by atoms with Crippen molar-refractivity contribution in [1.29, 1.82) is 0 Å². The van der Waals surface area contributed by atoms with E-state index in [1.54, 1.807) is 6.08 Å². The lowest BCUT2D eigenvalue weighted by Crippen LogP contribution is -2.21. The Kier molecular flexibility index (Phi) is 4.80. The largest absolute Gasteiger partial charge is 0.489 e. The van der Waals surface area contributed by atoms with Crippen LogP contribution in [0.15, 0.2) is 77.9 Å². The minimum absolute atomic E-state index is 0.125. The Morgan fingerprint density at radius 1 is 1.16 bits per heavy atom. The van der Waals surface area contributed by atoms with Crippen molar-refractivity contribution in [3.63, 3.8) is 0 Å². The molecule has 4 heteroatoms. The van der Waals surface area contributed by atoms with Crippen molar-refractivity contribution in [2.24, 2.45) is 5.10 Å². The zero-order valence-corrected chi connectivity index (χ0v) is 14.4. The van der Waals surface area contributed by atoms with Crippen molar-refractivity contribution in [3.8, 4) is 5.75 Å². The van der Waals surface area contributed by atoms with E-state index in [4.69, 9.17) is 4.74 Å². The molecule has 0 spiro atoms. The average molecular weight is 332 g/mol. The fourth-order valence-electron chi connectivity index (χ4n) is 2.87. The highest BCUT2D eigenvalue weighted by Crippen LogP contribution is 2.32. The predicted molar refractivity (Wildman–Crippen MR) is 102 cm³/mol. The van der Waals surface area contributed by atoms with Crippen LogP contribution in [0.2, 0.25) is 0 Å². The molecule has 0 aliphatic carbocycles. The number of anilines is 1. The number of amides is 1. The van der Waals surface area contributed by atoms with E-state index in [1.165, 1.54) is 5.01 Å². The fourth-order valence-corrected chi connectivity index (χ4v) is 2.87. The van der Waals surface area contributed by atoms with Crippen molar-refractivity contribution in [2.75, 3.05) is 11.6 Å². The zero-order chi connectivity index (χ0) is 17.8. The first-order chi connectivity index (χ1) is 12.1. The summed E-state index contributed by atoms with van der Waals surface area (Å²) >= 11 is 0. The maximum atomic E-state index is 13.0. The van der Waals surface area contributed by atoms with Crippen molar-refractivity contribution in [2.45, 2.75) is 13.8 Å². The molecule has 0 N–H and O–H groups in total. The molecule has 3 rings (SSSR count). The van der Waals surface area contributed by atoms with Crippen LogP contribution in [0.1, 0.15) is 19.4 Å². The van der Waals surface area contributed by atoms with Gasteiger partial charge in [0.05, 0.1) is 17.0 Å². The first-order valence-electron chi connectivity index (χ1n) is 8.12. The van der Waals surface area contributed by atoms with Gasteiger partial charge in [0.25, 0.3) is 5.91 Å². The predicted octanol–water partition coefficient (Wildman–Crippen LogP) is 4.45. The lowest BCUT2D eigenvalue weighted by atomic mass is 9.97. The Labute approximate surface area is 147 Å². The molecule has 1 aliphatic heterocycles. The van der Waals surface area contributed by atoms with Crippen LogP contribution in [-0.2, 0) is 4.79 Å². The van der Waals surface area contributed by atoms with E-state index >= 15 is 0 Å². The van der Waals surface area contributed by atoms with Crippen LogP contribution in [0.3, 0.4) is 0 Å². The van der Waals surface area contributed by atoms with Gasteiger partial charge in [-0.05, 0) is 37.6 Å². The van der Waals surface area contributed by atoms with Gasteiger partial charge in [-0.2, -0.15) is 10.1 Å². The van der Waals surface area contributed by atoms with Crippen LogP contribution in [-0.4, -0.2) is 18.2 Å². The van der Waals surface area contributed by atoms with Crippen molar-refractivity contribution in [3.05, 3.63) is 78.4 Å². The monoisotopic (exact) mass is 332 g/mol. The highest BCUT2D eigenvalue weighted by atomic mass is 16.5. The van der Waals surface area contributed by atoms with Crippen LogP contribution in [0.4, 0.5) is 5.69 Å². The van der Waals surface area contributed by atoms with Crippen LogP contribution < -0.4 is 9.75 Å². The molecule has 1 aliphatic rings. The second-order valence-electron chi connectivity index (χ2n) is 5.73. The van der Waals surface area contributed by atoms with Crippen molar-refractivity contribution >= 4 is 22.9 Å². The van der Waals surface area contributed by atoms with Gasteiger partial charge in [0.1, 0.15) is 12.4 Å². The molecule has 2 aromatic carbocycles. The van der Waals surface area contributed by atoms with Gasteiger partial charge in [-0.15, -0.1) is 0 Å². The van der Waals surface area contributed by atoms with Gasteiger partial charge in [0.15, 0.2) is 0 Å². The quantitative estimate of drug-likeness (QED) is 0.600. The van der Waals surface area contributed by atoms with E-state index in [9.17, 15) is 4.79 Å². The third-order valence-corrected chi connectivity index (χ3v) is 4.04. The number of carbonyl (C=O) groups is 1. The SMILES string of the molecule is C=CCOc1ccccc1/C(C)=C1/C(=O)N(c2ccccc2)N=C1C. The number of nitrogens with zero attached hydrogens (tertiary/aromatic N) is 2. The molecular formula is C21H20N2O2. The third-order valence-electron chi connectivity index (χ3n) is 4.04. The topological polar surface area (TPSA) is 41.9 Å². The van der Waals surface area contributed by atoms with E-state index in [2.05, 4.69) is 11.7 Å². The number of hydrazone groups is 1. The maximum Gasteiger partial charge on any atom is 0.280 e. The van der Waals surface area contributed by atoms with Gasteiger partial charge in [0.2, 0.25) is 0 Å². The van der Waals surface area contributed by atoms with Gasteiger partial charge in [-0.1, -0.05) is 49.1 Å². The van der Waals surface area contributed by atoms with Gasteiger partial charge in [-0.25, -0.2) is 0 Å². The second kappa shape index (κ2) is 7.18. The first kappa shape index (κ1) is 16.7. The number of para-hydroxylation sites is 2. The summed E-state index contributed by atoms with van der Waals surface area (Å²) in [7, 11) is 0. The van der Waals surface area contributed by atoms with E-state index in [-0.39, 0.29) is 5.91 Å². The maximum absolute atomic E-state index is 13.0. The van der Waals surface area contributed by atoms with Crippen molar-refractivity contribution < 1.29 is 9.53 Å². The molecule has 25 heavy (non-hydrogen) atoms. The molecule has 126 valence electrons. The molecule has 0 aromatic heterocycles. The van der Waals surface area contributed by atoms with Gasteiger partial charge in [0, 0.05) is 5.56 Å². The molecule has 0 saturated carbocycles. The summed E-state index contributed by atoms with van der Waals surface area (Å²) in [4.78, 5) is 13.0. The number of benzene rings is 2. The summed E-state index contributed by atoms with van der Waals surface area (Å²) in [6.07, 6.45) is 1.70. The average Bonchev–Trinajstić information content (AvgIpc) is 2.94. The van der Waals surface area contributed by atoms with Gasteiger partial charge < -0.3 is 4.74 Å². The molecule has 0 atom stereocenters. The molecule has 0 radical (unpaired) electrons.